The maximum atomic E-state index is 12.7. The summed E-state index contributed by atoms with van der Waals surface area (Å²) in [6.07, 6.45) is 1.71. The zero-order chi connectivity index (χ0) is 13.1. The second-order valence-electron chi connectivity index (χ2n) is 3.14. The molecule has 0 aromatic heterocycles. The van der Waals surface area contributed by atoms with Crippen LogP contribution in [-0.2, 0) is 0 Å². The minimum atomic E-state index is -1.60. The number of benzene rings is 1. The van der Waals surface area contributed by atoms with Crippen LogP contribution in [-0.4, -0.2) is 21.3 Å². The second kappa shape index (κ2) is 6.14. The van der Waals surface area contributed by atoms with Crippen LogP contribution in [0.3, 0.4) is 0 Å². The molecule has 0 saturated heterocycles. The van der Waals surface area contributed by atoms with E-state index in [1.165, 1.54) is 36.0 Å². The van der Waals surface area contributed by atoms with Gasteiger partial charge in [-0.2, -0.15) is 0 Å². The number of carbonyl (C=O) groups is 1. The molecule has 1 unspecified atom stereocenters. The van der Waals surface area contributed by atoms with Gasteiger partial charge in [0, 0.05) is 5.56 Å². The maximum Gasteiger partial charge on any atom is 0.252 e. The number of amides is 1. The molecule has 0 saturated carbocycles. The first-order valence-corrected chi connectivity index (χ1v) is 6.92. The molecule has 1 amide bonds. The summed E-state index contributed by atoms with van der Waals surface area (Å²) < 4.78 is 11.1. The van der Waals surface area contributed by atoms with Crippen LogP contribution >= 0.6 is 46.6 Å². The van der Waals surface area contributed by atoms with Crippen LogP contribution in [0.15, 0.2) is 24.3 Å². The van der Waals surface area contributed by atoms with Gasteiger partial charge in [0.05, 0.1) is 0 Å². The third-order valence-electron chi connectivity index (χ3n) is 1.90. The smallest absolute Gasteiger partial charge is 0.252 e. The van der Waals surface area contributed by atoms with Gasteiger partial charge in [-0.15, -0.1) is 11.8 Å². The lowest BCUT2D eigenvalue weighted by atomic mass is 10.2. The highest BCUT2D eigenvalue weighted by atomic mass is 35.6. The number of carbonyl (C=O) groups excluding carboxylic acids is 1. The van der Waals surface area contributed by atoms with Gasteiger partial charge in [0.25, 0.3) is 5.91 Å². The van der Waals surface area contributed by atoms with E-state index in [0.29, 0.717) is 5.56 Å². The third kappa shape index (κ3) is 4.54. The molecule has 0 fully saturated rings. The van der Waals surface area contributed by atoms with Gasteiger partial charge >= 0.3 is 0 Å². The molecule has 1 rings (SSSR count). The molecule has 0 aliphatic rings. The van der Waals surface area contributed by atoms with Crippen molar-refractivity contribution in [1.82, 2.24) is 5.32 Å². The minimum absolute atomic E-state index is 0.305. The number of alkyl halides is 3. The predicted octanol–water partition coefficient (Wildman–Crippen LogP) is 3.61. The summed E-state index contributed by atoms with van der Waals surface area (Å²) in [7, 11) is 0. The average molecular weight is 317 g/mol. The Kier molecular flexibility index (Phi) is 5.38. The van der Waals surface area contributed by atoms with Crippen molar-refractivity contribution in [3.63, 3.8) is 0 Å². The highest BCUT2D eigenvalue weighted by Gasteiger charge is 2.33. The molecule has 7 heteroatoms. The monoisotopic (exact) mass is 315 g/mol. The first-order valence-electron chi connectivity index (χ1n) is 4.50. The third-order valence-corrected chi connectivity index (χ3v) is 3.89. The Balaban J connectivity index is 2.75. The number of thioether (sulfide) groups is 1. The molecule has 1 atom stereocenters. The van der Waals surface area contributed by atoms with Crippen molar-refractivity contribution in [2.45, 2.75) is 9.17 Å². The summed E-state index contributed by atoms with van der Waals surface area (Å²) in [6, 6.07) is 5.11. The first kappa shape index (κ1) is 14.9. The molecule has 1 aromatic carbocycles. The van der Waals surface area contributed by atoms with E-state index in [1.54, 1.807) is 6.26 Å². The molecule has 0 bridgehead atoms. The molecular weight excluding hydrogens is 308 g/mol. The van der Waals surface area contributed by atoms with E-state index >= 15 is 0 Å². The van der Waals surface area contributed by atoms with Gasteiger partial charge in [-0.25, -0.2) is 4.39 Å². The van der Waals surface area contributed by atoms with E-state index in [4.69, 9.17) is 34.8 Å². The van der Waals surface area contributed by atoms with Gasteiger partial charge in [0.2, 0.25) is 3.79 Å². The van der Waals surface area contributed by atoms with E-state index in [1.807, 2.05) is 0 Å². The van der Waals surface area contributed by atoms with Crippen molar-refractivity contribution in [2.75, 3.05) is 6.26 Å². The van der Waals surface area contributed by atoms with E-state index < -0.39 is 20.9 Å². The summed E-state index contributed by atoms with van der Waals surface area (Å²) in [4.78, 5) is 11.7. The molecule has 17 heavy (non-hydrogen) atoms. The number of hydrogen-bond donors (Lipinski definition) is 1. The van der Waals surface area contributed by atoms with Crippen molar-refractivity contribution in [1.29, 1.82) is 0 Å². The number of halogens is 4. The number of rotatable bonds is 3. The summed E-state index contributed by atoms with van der Waals surface area (Å²) in [6.45, 7) is 0. The standard InChI is InChI=1S/C10H9Cl3FNOS/c1-17-9(10(11,12)13)15-8(16)6-2-4-7(14)5-3-6/h2-5,9H,1H3,(H,15,16). The predicted molar refractivity (Wildman–Crippen MR) is 71.5 cm³/mol. The normalized spacial score (nSPS) is 13.2. The van der Waals surface area contributed by atoms with Gasteiger partial charge in [-0.3, -0.25) is 4.79 Å². The molecule has 0 radical (unpaired) electrons. The molecule has 1 aromatic rings. The Hall–Kier alpha value is -0.160. The molecule has 2 nitrogen and oxygen atoms in total. The SMILES string of the molecule is CSC(NC(=O)c1ccc(F)cc1)C(Cl)(Cl)Cl. The topological polar surface area (TPSA) is 29.1 Å². The fourth-order valence-electron chi connectivity index (χ4n) is 1.08. The van der Waals surface area contributed by atoms with Gasteiger partial charge in [-0.05, 0) is 30.5 Å². The van der Waals surface area contributed by atoms with Crippen molar-refractivity contribution in [3.05, 3.63) is 35.6 Å². The van der Waals surface area contributed by atoms with Gasteiger partial charge in [-0.1, -0.05) is 34.8 Å². The largest absolute Gasteiger partial charge is 0.336 e. The zero-order valence-corrected chi connectivity index (χ0v) is 11.8. The first-order chi connectivity index (χ1) is 7.84. The lowest BCUT2D eigenvalue weighted by Crippen LogP contribution is -2.41. The van der Waals surface area contributed by atoms with Crippen LogP contribution in [0.25, 0.3) is 0 Å². The molecule has 1 N–H and O–H groups in total. The average Bonchev–Trinajstić information content (AvgIpc) is 2.24. The van der Waals surface area contributed by atoms with Crippen LogP contribution in [0, 0.1) is 5.82 Å². The van der Waals surface area contributed by atoms with Crippen LogP contribution in [0.2, 0.25) is 0 Å². The van der Waals surface area contributed by atoms with E-state index in [9.17, 15) is 9.18 Å². The molecule has 0 aliphatic heterocycles. The number of nitrogens with one attached hydrogen (secondary N) is 1. The summed E-state index contributed by atoms with van der Waals surface area (Å²) in [5.74, 6) is -0.833. The molecule has 0 heterocycles. The highest BCUT2D eigenvalue weighted by molar-refractivity contribution is 7.99. The van der Waals surface area contributed by atoms with Crippen LogP contribution in [0.1, 0.15) is 10.4 Å². The van der Waals surface area contributed by atoms with Crippen LogP contribution < -0.4 is 5.32 Å². The molecule has 94 valence electrons. The molecule has 0 spiro atoms. The van der Waals surface area contributed by atoms with Gasteiger partial charge < -0.3 is 5.32 Å². The van der Waals surface area contributed by atoms with E-state index in [0.717, 1.165) is 0 Å². The summed E-state index contributed by atoms with van der Waals surface area (Å²) >= 11 is 18.3. The van der Waals surface area contributed by atoms with Crippen molar-refractivity contribution in [2.24, 2.45) is 0 Å². The van der Waals surface area contributed by atoms with Crippen molar-refractivity contribution >= 4 is 52.5 Å². The lowest BCUT2D eigenvalue weighted by Gasteiger charge is -2.23. The highest BCUT2D eigenvalue weighted by Crippen LogP contribution is 2.35. The van der Waals surface area contributed by atoms with Crippen LogP contribution in [0.5, 0.6) is 0 Å². The fourth-order valence-corrected chi connectivity index (χ4v) is 2.54. The minimum Gasteiger partial charge on any atom is -0.336 e. The van der Waals surface area contributed by atoms with E-state index in [2.05, 4.69) is 5.32 Å². The fraction of sp³-hybridized carbons (Fsp3) is 0.300. The van der Waals surface area contributed by atoms with Crippen molar-refractivity contribution in [3.8, 4) is 0 Å². The zero-order valence-electron chi connectivity index (χ0n) is 8.72. The summed E-state index contributed by atoms with van der Waals surface area (Å²) in [5, 5.41) is 1.87. The van der Waals surface area contributed by atoms with Crippen LogP contribution in [0.4, 0.5) is 4.39 Å². The quantitative estimate of drug-likeness (QED) is 0.682. The summed E-state index contributed by atoms with van der Waals surface area (Å²) in [5.41, 5.74) is 0.305. The Morgan fingerprint density at radius 1 is 1.35 bits per heavy atom. The Morgan fingerprint density at radius 3 is 2.29 bits per heavy atom. The second-order valence-corrected chi connectivity index (χ2v) is 6.45. The van der Waals surface area contributed by atoms with Gasteiger partial charge in [0.1, 0.15) is 11.2 Å². The molecular formula is C10H9Cl3FNOS. The maximum absolute atomic E-state index is 12.7. The Labute approximate surface area is 118 Å². The van der Waals surface area contributed by atoms with E-state index in [-0.39, 0.29) is 0 Å². The van der Waals surface area contributed by atoms with Gasteiger partial charge in [0.15, 0.2) is 0 Å². The molecule has 0 aliphatic carbocycles. The Morgan fingerprint density at radius 2 is 1.88 bits per heavy atom. The van der Waals surface area contributed by atoms with Crippen molar-refractivity contribution < 1.29 is 9.18 Å². The lowest BCUT2D eigenvalue weighted by molar-refractivity contribution is 0.0950. The number of hydrogen-bond acceptors (Lipinski definition) is 2. The Bertz CT molecular complexity index is 394.